The second-order valence-corrected chi connectivity index (χ2v) is 10.3. The Kier molecular flexibility index (Phi) is 5.30. The van der Waals surface area contributed by atoms with Gasteiger partial charge in [0.25, 0.3) is 0 Å². The van der Waals surface area contributed by atoms with E-state index in [4.69, 9.17) is 9.16 Å². The molecule has 1 saturated heterocycles. The predicted octanol–water partition coefficient (Wildman–Crippen LogP) is 2.61. The van der Waals surface area contributed by atoms with E-state index in [-0.39, 0.29) is 13.0 Å². The Hall–Kier alpha value is -1.98. The van der Waals surface area contributed by atoms with Gasteiger partial charge < -0.3 is 9.16 Å². The number of carbonyl (C=O) groups excluding carboxylic acids is 1. The first-order valence-corrected chi connectivity index (χ1v) is 10.5. The largest absolute Gasteiger partial charge is 0.462 e. The predicted molar refractivity (Wildman–Crippen MR) is 103 cm³/mol. The Bertz CT molecular complexity index is 705. The van der Waals surface area contributed by atoms with Gasteiger partial charge in [-0.25, -0.2) is 4.39 Å². The molecule has 0 aliphatic carbocycles. The molecular weight excluding hydrogens is 347 g/mol. The second-order valence-electron chi connectivity index (χ2n) is 7.96. The zero-order chi connectivity index (χ0) is 18.8. The minimum Gasteiger partial charge on any atom is -0.462 e. The fourth-order valence-electron chi connectivity index (χ4n) is 3.55. The van der Waals surface area contributed by atoms with Gasteiger partial charge >= 0.3 is 5.97 Å². The van der Waals surface area contributed by atoms with Crippen molar-refractivity contribution in [3.63, 3.8) is 0 Å². The molecule has 2 aromatic rings. The maximum absolute atomic E-state index is 15.7. The van der Waals surface area contributed by atoms with Gasteiger partial charge in [0.1, 0.15) is 6.61 Å². The number of cyclic esters (lactones) is 1. The van der Waals surface area contributed by atoms with Crippen molar-refractivity contribution < 1.29 is 18.3 Å². The highest BCUT2D eigenvalue weighted by Crippen LogP contribution is 2.39. The van der Waals surface area contributed by atoms with Gasteiger partial charge in [-0.05, 0) is 15.8 Å². The summed E-state index contributed by atoms with van der Waals surface area (Å²) in [4.78, 5) is 11.6. The molecular formula is C21H25FO3Si. The van der Waals surface area contributed by atoms with Crippen LogP contribution in [-0.4, -0.2) is 33.4 Å². The van der Waals surface area contributed by atoms with Gasteiger partial charge in [-0.15, -0.1) is 0 Å². The van der Waals surface area contributed by atoms with E-state index in [9.17, 15) is 4.79 Å². The molecule has 0 bridgehead atoms. The summed E-state index contributed by atoms with van der Waals surface area (Å²) in [7, 11) is -2.14. The van der Waals surface area contributed by atoms with Gasteiger partial charge in [0.05, 0.1) is 12.5 Å². The molecule has 3 rings (SSSR count). The van der Waals surface area contributed by atoms with E-state index in [0.29, 0.717) is 0 Å². The number of halogens is 1. The molecule has 0 saturated carbocycles. The maximum Gasteiger partial charge on any atom is 0.309 e. The molecule has 1 fully saturated rings. The summed E-state index contributed by atoms with van der Waals surface area (Å²) in [5.74, 6) is -0.497. The molecule has 0 amide bonds. The van der Waals surface area contributed by atoms with Gasteiger partial charge in [0, 0.05) is 0 Å². The summed E-state index contributed by atoms with van der Waals surface area (Å²) in [5.41, 5.74) is -2.28. The van der Waals surface area contributed by atoms with Crippen LogP contribution >= 0.6 is 0 Å². The molecule has 0 aromatic heterocycles. The zero-order valence-electron chi connectivity index (χ0n) is 15.4. The van der Waals surface area contributed by atoms with Gasteiger partial charge in [0.2, 0.25) is 9.04 Å². The van der Waals surface area contributed by atoms with Crippen LogP contribution in [-0.2, 0) is 14.0 Å². The first-order valence-electron chi connectivity index (χ1n) is 8.89. The van der Waals surface area contributed by atoms with Gasteiger partial charge in [-0.2, -0.15) is 0 Å². The molecule has 26 heavy (non-hydrogen) atoms. The molecule has 0 radical (unpaired) electrons. The first-order chi connectivity index (χ1) is 12.3. The van der Waals surface area contributed by atoms with Crippen LogP contribution in [0.1, 0.15) is 27.2 Å². The number of ether oxygens (including phenoxy) is 1. The van der Waals surface area contributed by atoms with Crippen molar-refractivity contribution in [3.05, 3.63) is 60.7 Å². The third-order valence-electron chi connectivity index (χ3n) is 4.64. The van der Waals surface area contributed by atoms with Crippen molar-refractivity contribution in [2.75, 3.05) is 6.61 Å². The minimum absolute atomic E-state index is 0.238. The molecule has 138 valence electrons. The van der Waals surface area contributed by atoms with E-state index in [1.807, 2.05) is 81.4 Å². The molecule has 2 aromatic carbocycles. The average molecular weight is 373 g/mol. The van der Waals surface area contributed by atoms with E-state index in [0.717, 1.165) is 10.4 Å². The lowest BCUT2D eigenvalue weighted by Gasteiger charge is -2.40. The lowest BCUT2D eigenvalue weighted by Crippen LogP contribution is -2.56. The number of carbonyl (C=O) groups is 1. The van der Waals surface area contributed by atoms with Gasteiger partial charge in [-0.3, -0.25) is 4.79 Å². The van der Waals surface area contributed by atoms with Gasteiger partial charge in [0.15, 0.2) is 5.67 Å². The summed E-state index contributed by atoms with van der Waals surface area (Å²) in [6.45, 7) is 5.61. The number of esters is 1. The van der Waals surface area contributed by atoms with Crippen molar-refractivity contribution in [2.45, 2.75) is 39.0 Å². The van der Waals surface area contributed by atoms with Crippen LogP contribution in [0.5, 0.6) is 0 Å². The van der Waals surface area contributed by atoms with Crippen LogP contribution in [0, 0.1) is 5.41 Å². The van der Waals surface area contributed by atoms with Crippen LogP contribution in [0.4, 0.5) is 4.39 Å². The molecule has 1 aliphatic heterocycles. The van der Waals surface area contributed by atoms with E-state index < -0.39 is 32.2 Å². The topological polar surface area (TPSA) is 35.5 Å². The Balaban J connectivity index is 1.99. The lowest BCUT2D eigenvalue weighted by atomic mass is 9.79. The van der Waals surface area contributed by atoms with Crippen molar-refractivity contribution in [3.8, 4) is 0 Å². The lowest BCUT2D eigenvalue weighted by molar-refractivity contribution is -0.137. The normalized spacial score (nSPS) is 21.7. The molecule has 2 unspecified atom stereocenters. The summed E-state index contributed by atoms with van der Waals surface area (Å²) in [5, 5.41) is 2.17. The molecule has 0 N–H and O–H groups in total. The number of benzene rings is 2. The summed E-state index contributed by atoms with van der Waals surface area (Å²) < 4.78 is 27.2. The van der Waals surface area contributed by atoms with Crippen molar-refractivity contribution >= 4 is 25.4 Å². The molecule has 0 spiro atoms. The van der Waals surface area contributed by atoms with Crippen LogP contribution < -0.4 is 10.4 Å². The second kappa shape index (κ2) is 7.33. The van der Waals surface area contributed by atoms with Crippen LogP contribution in [0.2, 0.25) is 0 Å². The first kappa shape index (κ1) is 18.8. The van der Waals surface area contributed by atoms with E-state index in [1.165, 1.54) is 0 Å². The van der Waals surface area contributed by atoms with E-state index >= 15 is 4.39 Å². The zero-order valence-corrected chi connectivity index (χ0v) is 16.6. The quantitative estimate of drug-likeness (QED) is 0.598. The Labute approximate surface area is 155 Å². The third-order valence-corrected chi connectivity index (χ3v) is 7.17. The average Bonchev–Trinajstić information content (AvgIpc) is 2.95. The third kappa shape index (κ3) is 4.05. The maximum atomic E-state index is 15.7. The summed E-state index contributed by atoms with van der Waals surface area (Å²) in [6, 6.07) is 19.9. The van der Waals surface area contributed by atoms with E-state index in [1.54, 1.807) is 0 Å². The highest BCUT2D eigenvalue weighted by atomic mass is 28.3. The fourth-order valence-corrected chi connectivity index (χ4v) is 6.32. The van der Waals surface area contributed by atoms with Crippen LogP contribution in [0.3, 0.4) is 0 Å². The summed E-state index contributed by atoms with van der Waals surface area (Å²) >= 11 is 0. The van der Waals surface area contributed by atoms with Crippen molar-refractivity contribution in [1.29, 1.82) is 0 Å². The number of hydrogen-bond acceptors (Lipinski definition) is 3. The SMILES string of the molecule is CC(C)(C)C(O[SiH](c1ccccc1)c1ccccc1)C1(F)COC(=O)C1. The van der Waals surface area contributed by atoms with Crippen molar-refractivity contribution in [1.82, 2.24) is 0 Å². The monoisotopic (exact) mass is 372 g/mol. The Morgan fingerprint density at radius 1 is 1.04 bits per heavy atom. The Morgan fingerprint density at radius 3 is 1.92 bits per heavy atom. The fraction of sp³-hybridized carbons (Fsp3) is 0.381. The molecule has 5 heteroatoms. The van der Waals surface area contributed by atoms with Crippen LogP contribution in [0.25, 0.3) is 0 Å². The van der Waals surface area contributed by atoms with Gasteiger partial charge in [-0.1, -0.05) is 81.4 Å². The Morgan fingerprint density at radius 2 is 1.54 bits per heavy atom. The smallest absolute Gasteiger partial charge is 0.309 e. The molecule has 1 heterocycles. The highest BCUT2D eigenvalue weighted by Gasteiger charge is 2.53. The molecule has 3 nitrogen and oxygen atoms in total. The molecule has 2 atom stereocenters. The molecule has 1 aliphatic rings. The number of rotatable bonds is 5. The number of hydrogen-bond donors (Lipinski definition) is 0. The van der Waals surface area contributed by atoms with Crippen molar-refractivity contribution in [2.24, 2.45) is 5.41 Å². The van der Waals surface area contributed by atoms with Crippen LogP contribution in [0.15, 0.2) is 60.7 Å². The number of alkyl halides is 1. The highest BCUT2D eigenvalue weighted by molar-refractivity contribution is 6.80. The summed E-state index contributed by atoms with van der Waals surface area (Å²) in [6.07, 6.45) is -0.988. The van der Waals surface area contributed by atoms with E-state index in [2.05, 4.69) is 0 Å². The minimum atomic E-state index is -2.14. The standard InChI is InChI=1S/C21H25FO3Si/c1-20(2,3)19(21(22)14-18(23)24-15-21)25-26(16-10-6-4-7-11-16)17-12-8-5-9-13-17/h4-13,19,26H,14-15H2,1-3H3.